The third kappa shape index (κ3) is 4.49. The second kappa shape index (κ2) is 5.98. The van der Waals surface area contributed by atoms with Crippen LogP contribution in [0.15, 0.2) is 18.2 Å². The molecule has 0 radical (unpaired) electrons. The van der Waals surface area contributed by atoms with Crippen LogP contribution in [-0.2, 0) is 16.4 Å². The molecular weight excluding hydrogens is 272 g/mol. The lowest BCUT2D eigenvalue weighted by Gasteiger charge is -2.18. The Morgan fingerprint density at radius 1 is 1.42 bits per heavy atom. The summed E-state index contributed by atoms with van der Waals surface area (Å²) in [6, 6.07) is 4.36. The van der Waals surface area contributed by atoms with Crippen LogP contribution in [-0.4, -0.2) is 44.0 Å². The highest BCUT2D eigenvalue weighted by Crippen LogP contribution is 2.28. The van der Waals surface area contributed by atoms with Crippen molar-refractivity contribution in [2.45, 2.75) is 6.61 Å². The molecule has 0 fully saturated rings. The number of benzene rings is 1. The van der Waals surface area contributed by atoms with Gasteiger partial charge in [0.05, 0.1) is 17.3 Å². The summed E-state index contributed by atoms with van der Waals surface area (Å²) < 4.78 is 22.2. The van der Waals surface area contributed by atoms with Crippen LogP contribution in [0.5, 0.6) is 0 Å². The maximum Gasteiger partial charge on any atom is 0.292 e. The van der Waals surface area contributed by atoms with E-state index in [9.17, 15) is 18.5 Å². The van der Waals surface area contributed by atoms with Gasteiger partial charge in [-0.3, -0.25) is 10.1 Å². The first-order chi connectivity index (χ1) is 8.74. The van der Waals surface area contributed by atoms with E-state index >= 15 is 0 Å². The van der Waals surface area contributed by atoms with E-state index in [0.29, 0.717) is 11.3 Å². The summed E-state index contributed by atoms with van der Waals surface area (Å²) in [6.07, 6.45) is 1.12. The first-order valence-electron chi connectivity index (χ1n) is 5.51. The van der Waals surface area contributed by atoms with Crippen molar-refractivity contribution in [2.24, 2.45) is 0 Å². The molecule has 106 valence electrons. The number of nitro benzene ring substituents is 1. The summed E-state index contributed by atoms with van der Waals surface area (Å²) in [6.45, 7) is -0.119. The fraction of sp³-hybridized carbons (Fsp3) is 0.455. The van der Waals surface area contributed by atoms with Crippen molar-refractivity contribution in [1.82, 2.24) is 0 Å². The molecule has 8 heteroatoms. The van der Waals surface area contributed by atoms with Crippen LogP contribution in [0.1, 0.15) is 5.56 Å². The van der Waals surface area contributed by atoms with Gasteiger partial charge in [-0.2, -0.15) is 0 Å². The second-order valence-electron chi connectivity index (χ2n) is 4.29. The molecule has 1 rings (SSSR count). The van der Waals surface area contributed by atoms with Gasteiger partial charge in [0.25, 0.3) is 5.69 Å². The average molecular weight is 288 g/mol. The molecule has 0 aromatic heterocycles. The van der Waals surface area contributed by atoms with Crippen molar-refractivity contribution in [2.75, 3.05) is 30.5 Å². The van der Waals surface area contributed by atoms with Crippen molar-refractivity contribution in [3.63, 3.8) is 0 Å². The van der Waals surface area contributed by atoms with Gasteiger partial charge in [0.15, 0.2) is 0 Å². The minimum Gasteiger partial charge on any atom is -0.392 e. The molecule has 0 aliphatic carbocycles. The zero-order chi connectivity index (χ0) is 14.6. The Labute approximate surface area is 111 Å². The van der Waals surface area contributed by atoms with E-state index in [4.69, 9.17) is 5.11 Å². The van der Waals surface area contributed by atoms with E-state index < -0.39 is 14.8 Å². The molecule has 0 saturated heterocycles. The quantitative estimate of drug-likeness (QED) is 0.606. The normalized spacial score (nSPS) is 11.3. The molecule has 0 aliphatic heterocycles. The number of hydrogen-bond acceptors (Lipinski definition) is 6. The number of nitrogens with zero attached hydrogens (tertiary/aromatic N) is 2. The molecule has 7 nitrogen and oxygen atoms in total. The van der Waals surface area contributed by atoms with E-state index in [1.54, 1.807) is 13.1 Å². The minimum absolute atomic E-state index is 0.0809. The van der Waals surface area contributed by atoms with Crippen molar-refractivity contribution in [1.29, 1.82) is 0 Å². The Morgan fingerprint density at radius 3 is 2.53 bits per heavy atom. The second-order valence-corrected chi connectivity index (χ2v) is 6.55. The highest BCUT2D eigenvalue weighted by atomic mass is 32.2. The molecule has 0 atom stereocenters. The van der Waals surface area contributed by atoms with Gasteiger partial charge in [0.2, 0.25) is 0 Å². The fourth-order valence-corrected chi connectivity index (χ4v) is 2.17. The zero-order valence-electron chi connectivity index (χ0n) is 10.7. The fourth-order valence-electron chi connectivity index (χ4n) is 1.56. The minimum atomic E-state index is -3.12. The first kappa shape index (κ1) is 15.4. The Hall–Kier alpha value is -1.67. The molecule has 0 amide bonds. The Kier molecular flexibility index (Phi) is 4.84. The smallest absolute Gasteiger partial charge is 0.292 e. The van der Waals surface area contributed by atoms with E-state index in [0.717, 1.165) is 6.26 Å². The predicted molar refractivity (Wildman–Crippen MR) is 72.0 cm³/mol. The number of hydrogen-bond donors (Lipinski definition) is 1. The summed E-state index contributed by atoms with van der Waals surface area (Å²) in [5, 5.41) is 19.9. The summed E-state index contributed by atoms with van der Waals surface area (Å²) >= 11 is 0. The van der Waals surface area contributed by atoms with Crippen molar-refractivity contribution in [3.8, 4) is 0 Å². The number of aliphatic hydroxyl groups is 1. The number of anilines is 1. The molecule has 1 N–H and O–H groups in total. The molecule has 1 aromatic carbocycles. The van der Waals surface area contributed by atoms with Crippen LogP contribution in [0.4, 0.5) is 11.4 Å². The van der Waals surface area contributed by atoms with Gasteiger partial charge in [0, 0.05) is 25.9 Å². The summed E-state index contributed by atoms with van der Waals surface area (Å²) in [5.74, 6) is -0.0809. The van der Waals surface area contributed by atoms with Gasteiger partial charge in [-0.15, -0.1) is 0 Å². The third-order valence-electron chi connectivity index (χ3n) is 2.63. The molecule has 0 unspecified atom stereocenters. The number of nitro groups is 1. The van der Waals surface area contributed by atoms with Crippen LogP contribution >= 0.6 is 0 Å². The van der Waals surface area contributed by atoms with E-state index in [1.165, 1.54) is 17.0 Å². The maximum absolute atomic E-state index is 11.1. The lowest BCUT2D eigenvalue weighted by atomic mass is 10.1. The van der Waals surface area contributed by atoms with Gasteiger partial charge in [-0.05, 0) is 11.6 Å². The zero-order valence-corrected chi connectivity index (χ0v) is 11.6. The molecule has 1 aromatic rings. The number of rotatable bonds is 6. The monoisotopic (exact) mass is 288 g/mol. The standard InChI is InChI=1S/C11H16N2O5S/c1-12(5-6-19(2,17)18)10-4-3-9(8-14)7-11(10)13(15)16/h3-4,7,14H,5-6,8H2,1-2H3. The largest absolute Gasteiger partial charge is 0.392 e. The Balaban J connectivity index is 3.02. The Bertz CT molecular complexity index is 570. The predicted octanol–water partition coefficient (Wildman–Crippen LogP) is 0.568. The van der Waals surface area contributed by atoms with Crippen molar-refractivity contribution in [3.05, 3.63) is 33.9 Å². The molecule has 0 heterocycles. The third-order valence-corrected chi connectivity index (χ3v) is 3.55. The maximum atomic E-state index is 11.1. The summed E-state index contributed by atoms with van der Waals surface area (Å²) in [4.78, 5) is 11.9. The van der Waals surface area contributed by atoms with Gasteiger partial charge in [-0.1, -0.05) is 6.07 Å². The van der Waals surface area contributed by atoms with Crippen LogP contribution in [0.25, 0.3) is 0 Å². The highest BCUT2D eigenvalue weighted by Gasteiger charge is 2.18. The summed E-state index contributed by atoms with van der Waals surface area (Å²) in [5.41, 5.74) is 0.611. The first-order valence-corrected chi connectivity index (χ1v) is 7.57. The topological polar surface area (TPSA) is 101 Å². The average Bonchev–Trinajstić information content (AvgIpc) is 2.34. The highest BCUT2D eigenvalue weighted by molar-refractivity contribution is 7.90. The van der Waals surface area contributed by atoms with Crippen LogP contribution in [0.2, 0.25) is 0 Å². The SMILES string of the molecule is CN(CCS(C)(=O)=O)c1ccc(CO)cc1[N+](=O)[O-]. The Morgan fingerprint density at radius 2 is 2.05 bits per heavy atom. The van der Waals surface area contributed by atoms with Crippen molar-refractivity contribution < 1.29 is 18.4 Å². The number of sulfone groups is 1. The van der Waals surface area contributed by atoms with E-state index in [1.807, 2.05) is 0 Å². The van der Waals surface area contributed by atoms with Crippen LogP contribution < -0.4 is 4.90 Å². The molecule has 19 heavy (non-hydrogen) atoms. The molecule has 0 aliphatic rings. The summed E-state index contributed by atoms with van der Waals surface area (Å²) in [7, 11) is -1.54. The number of aliphatic hydroxyl groups excluding tert-OH is 1. The van der Waals surface area contributed by atoms with E-state index in [2.05, 4.69) is 0 Å². The molecule has 0 saturated carbocycles. The van der Waals surface area contributed by atoms with Crippen LogP contribution in [0.3, 0.4) is 0 Å². The lowest BCUT2D eigenvalue weighted by Crippen LogP contribution is -2.25. The molecule has 0 spiro atoms. The van der Waals surface area contributed by atoms with Crippen LogP contribution in [0, 0.1) is 10.1 Å². The van der Waals surface area contributed by atoms with Gasteiger partial charge < -0.3 is 10.0 Å². The molecular formula is C11H16N2O5S. The molecule has 0 bridgehead atoms. The van der Waals surface area contributed by atoms with Gasteiger partial charge in [0.1, 0.15) is 15.5 Å². The van der Waals surface area contributed by atoms with Crippen molar-refractivity contribution >= 4 is 21.2 Å². The van der Waals surface area contributed by atoms with Gasteiger partial charge in [-0.25, -0.2) is 8.42 Å². The van der Waals surface area contributed by atoms with E-state index in [-0.39, 0.29) is 24.6 Å². The van der Waals surface area contributed by atoms with Gasteiger partial charge >= 0.3 is 0 Å². The lowest BCUT2D eigenvalue weighted by molar-refractivity contribution is -0.384.